The lowest BCUT2D eigenvalue weighted by atomic mass is 9.56. The first kappa shape index (κ1) is 11.8. The van der Waals surface area contributed by atoms with Crippen LogP contribution in [0.5, 0.6) is 5.75 Å². The Balaban J connectivity index is 1.76. The molecule has 2 fully saturated rings. The summed E-state index contributed by atoms with van der Waals surface area (Å²) in [4.78, 5) is 23.2. The van der Waals surface area contributed by atoms with Gasteiger partial charge in [0.05, 0.1) is 7.11 Å². The van der Waals surface area contributed by atoms with E-state index in [-0.39, 0.29) is 11.8 Å². The number of rotatable bonds is 2. The molecule has 5 rings (SSSR count). The predicted octanol–water partition coefficient (Wildman–Crippen LogP) is 1.92. The van der Waals surface area contributed by atoms with Crippen LogP contribution in [0.2, 0.25) is 0 Å². The Bertz CT molecular complexity index is 606. The van der Waals surface area contributed by atoms with Crippen molar-refractivity contribution in [2.75, 3.05) is 7.11 Å². The molecule has 1 unspecified atom stereocenters. The number of imide groups is 1. The van der Waals surface area contributed by atoms with E-state index in [1.807, 2.05) is 12.1 Å². The minimum atomic E-state index is -0.680. The number of amides is 2. The van der Waals surface area contributed by atoms with Gasteiger partial charge >= 0.3 is 6.09 Å². The molecule has 0 spiro atoms. The van der Waals surface area contributed by atoms with Gasteiger partial charge in [-0.2, -0.15) is 0 Å². The van der Waals surface area contributed by atoms with E-state index in [0.717, 1.165) is 24.2 Å². The maximum absolute atomic E-state index is 11.9. The maximum Gasteiger partial charge on any atom is 0.414 e. The topological polar surface area (TPSA) is 64.6 Å². The number of hydrogen-bond acceptors (Lipinski definition) is 4. The van der Waals surface area contributed by atoms with Crippen LogP contribution in [0, 0.1) is 5.92 Å². The Kier molecular flexibility index (Phi) is 2.34. The minimum Gasteiger partial charge on any atom is -0.497 e. The summed E-state index contributed by atoms with van der Waals surface area (Å²) in [5.74, 6) is 1.49. The number of nitrogens with one attached hydrogen (secondary N) is 1. The summed E-state index contributed by atoms with van der Waals surface area (Å²) in [5, 5.41) is 2.23. The molecular weight excluding hydrogens is 258 g/mol. The quantitative estimate of drug-likeness (QED) is 0.894. The number of cyclic esters (lactones) is 1. The summed E-state index contributed by atoms with van der Waals surface area (Å²) in [5.41, 5.74) is 2.38. The summed E-state index contributed by atoms with van der Waals surface area (Å²) in [6, 6.07) is 5.97. The van der Waals surface area contributed by atoms with Gasteiger partial charge in [0.25, 0.3) is 5.91 Å². The zero-order valence-electron chi connectivity index (χ0n) is 11.1. The van der Waals surface area contributed by atoms with Gasteiger partial charge in [-0.05, 0) is 47.9 Å². The van der Waals surface area contributed by atoms with E-state index < -0.39 is 12.2 Å². The molecule has 0 aromatic heterocycles. The number of carbonyl (C=O) groups is 2. The monoisotopic (exact) mass is 273 g/mol. The highest BCUT2D eigenvalue weighted by atomic mass is 16.6. The molecule has 1 aromatic rings. The molecule has 1 aliphatic heterocycles. The van der Waals surface area contributed by atoms with Gasteiger partial charge in [0.2, 0.25) is 0 Å². The fraction of sp³-hybridized carbons (Fsp3) is 0.467. The number of hydrogen-bond donors (Lipinski definition) is 1. The molecule has 1 saturated heterocycles. The summed E-state index contributed by atoms with van der Waals surface area (Å²) in [6.45, 7) is 0. The second-order valence-electron chi connectivity index (χ2n) is 5.76. The molecular formula is C15H15NO4. The third-order valence-corrected chi connectivity index (χ3v) is 4.82. The molecule has 2 atom stereocenters. The zero-order chi connectivity index (χ0) is 13.9. The Hall–Kier alpha value is -2.04. The van der Waals surface area contributed by atoms with Gasteiger partial charge in [0.15, 0.2) is 6.10 Å². The largest absolute Gasteiger partial charge is 0.497 e. The second-order valence-corrected chi connectivity index (χ2v) is 5.76. The standard InChI is InChI=1S/C15H15NO4/c1-19-9-2-3-10-11(6-9)7-4-8(5-7)12(10)13-14(17)16-15(18)20-13/h2-3,6-8,12-13H,4-5H2,1H3,(H,16,17,18)/t7?,8?,12-,13?/m1/s1. The van der Waals surface area contributed by atoms with Crippen LogP contribution in [0.25, 0.3) is 0 Å². The van der Waals surface area contributed by atoms with Crippen molar-refractivity contribution in [1.29, 1.82) is 0 Å². The predicted molar refractivity (Wildman–Crippen MR) is 69.6 cm³/mol. The van der Waals surface area contributed by atoms with Crippen molar-refractivity contribution >= 4 is 12.0 Å². The molecule has 5 heteroatoms. The van der Waals surface area contributed by atoms with Crippen LogP contribution in [0.1, 0.15) is 35.8 Å². The molecule has 1 heterocycles. The minimum absolute atomic E-state index is 0.0210. The average Bonchev–Trinajstić information content (AvgIpc) is 2.74. The maximum atomic E-state index is 11.9. The second kappa shape index (κ2) is 3.98. The van der Waals surface area contributed by atoms with Crippen LogP contribution >= 0.6 is 0 Å². The number of benzene rings is 1. The lowest BCUT2D eigenvalue weighted by Gasteiger charge is -2.48. The van der Waals surface area contributed by atoms with E-state index in [1.165, 1.54) is 5.56 Å². The number of ether oxygens (including phenoxy) is 2. The molecule has 104 valence electrons. The Morgan fingerprint density at radius 3 is 2.70 bits per heavy atom. The van der Waals surface area contributed by atoms with Gasteiger partial charge in [0.1, 0.15) is 5.75 Å². The van der Waals surface area contributed by atoms with Gasteiger partial charge < -0.3 is 9.47 Å². The summed E-state index contributed by atoms with van der Waals surface area (Å²) >= 11 is 0. The molecule has 4 aliphatic rings. The van der Waals surface area contributed by atoms with E-state index >= 15 is 0 Å². The van der Waals surface area contributed by atoms with Gasteiger partial charge in [-0.1, -0.05) is 6.07 Å². The Labute approximate surface area is 116 Å². The molecule has 2 amide bonds. The van der Waals surface area contributed by atoms with Crippen molar-refractivity contribution in [2.45, 2.75) is 30.8 Å². The first-order valence-corrected chi connectivity index (χ1v) is 6.86. The fourth-order valence-electron chi connectivity index (χ4n) is 3.82. The third-order valence-electron chi connectivity index (χ3n) is 4.82. The number of carbonyl (C=O) groups excluding carboxylic acids is 2. The van der Waals surface area contributed by atoms with E-state index in [4.69, 9.17) is 9.47 Å². The Morgan fingerprint density at radius 1 is 1.25 bits per heavy atom. The first-order chi connectivity index (χ1) is 9.67. The molecule has 20 heavy (non-hydrogen) atoms. The molecule has 3 aliphatic carbocycles. The molecule has 1 saturated carbocycles. The van der Waals surface area contributed by atoms with E-state index in [9.17, 15) is 9.59 Å². The number of alkyl carbamates (subject to hydrolysis) is 1. The van der Waals surface area contributed by atoms with Crippen molar-refractivity contribution in [3.8, 4) is 5.75 Å². The fourth-order valence-corrected chi connectivity index (χ4v) is 3.82. The average molecular weight is 273 g/mol. The smallest absolute Gasteiger partial charge is 0.414 e. The first-order valence-electron chi connectivity index (χ1n) is 6.86. The molecule has 2 bridgehead atoms. The molecule has 5 nitrogen and oxygen atoms in total. The van der Waals surface area contributed by atoms with E-state index in [1.54, 1.807) is 7.11 Å². The summed E-state index contributed by atoms with van der Waals surface area (Å²) < 4.78 is 10.5. The lowest BCUT2D eigenvalue weighted by Crippen LogP contribution is -2.43. The highest BCUT2D eigenvalue weighted by Crippen LogP contribution is 2.58. The van der Waals surface area contributed by atoms with Gasteiger partial charge in [0, 0.05) is 5.92 Å². The van der Waals surface area contributed by atoms with Crippen molar-refractivity contribution in [1.82, 2.24) is 5.32 Å². The van der Waals surface area contributed by atoms with Crippen LogP contribution in [-0.2, 0) is 9.53 Å². The highest BCUT2D eigenvalue weighted by molar-refractivity contribution is 6.00. The van der Waals surface area contributed by atoms with E-state index in [0.29, 0.717) is 11.8 Å². The van der Waals surface area contributed by atoms with Crippen LogP contribution in [0.15, 0.2) is 18.2 Å². The molecule has 0 radical (unpaired) electrons. The lowest BCUT2D eigenvalue weighted by molar-refractivity contribution is -0.125. The van der Waals surface area contributed by atoms with Crippen LogP contribution in [0.3, 0.4) is 0 Å². The van der Waals surface area contributed by atoms with Crippen LogP contribution in [0.4, 0.5) is 4.79 Å². The van der Waals surface area contributed by atoms with Crippen LogP contribution in [-0.4, -0.2) is 25.2 Å². The van der Waals surface area contributed by atoms with Gasteiger partial charge in [-0.25, -0.2) is 4.79 Å². The van der Waals surface area contributed by atoms with Crippen LogP contribution < -0.4 is 10.1 Å². The third kappa shape index (κ3) is 1.49. The Morgan fingerprint density at radius 2 is 2.05 bits per heavy atom. The van der Waals surface area contributed by atoms with E-state index in [2.05, 4.69) is 11.4 Å². The van der Waals surface area contributed by atoms with Crippen molar-refractivity contribution in [2.24, 2.45) is 5.92 Å². The summed E-state index contributed by atoms with van der Waals surface area (Å²) in [6.07, 6.45) is 0.815. The van der Waals surface area contributed by atoms with Gasteiger partial charge in [-0.3, -0.25) is 10.1 Å². The highest BCUT2D eigenvalue weighted by Gasteiger charge is 2.51. The van der Waals surface area contributed by atoms with Crippen molar-refractivity contribution < 1.29 is 19.1 Å². The number of methoxy groups -OCH3 is 1. The molecule has 1 aromatic carbocycles. The van der Waals surface area contributed by atoms with Gasteiger partial charge in [-0.15, -0.1) is 0 Å². The summed E-state index contributed by atoms with van der Waals surface area (Å²) in [7, 11) is 1.65. The SMILES string of the molecule is COc1ccc2c(c1)C1CC(C1)[C@H]2C1OC(=O)NC1=O. The van der Waals surface area contributed by atoms with Crippen molar-refractivity contribution in [3.05, 3.63) is 29.3 Å². The normalized spacial score (nSPS) is 33.9. The zero-order valence-corrected chi connectivity index (χ0v) is 11.1. The molecule has 1 N–H and O–H groups in total. The van der Waals surface area contributed by atoms with Crippen molar-refractivity contribution in [3.63, 3.8) is 0 Å².